The maximum absolute atomic E-state index is 12.3. The number of hydrogen-bond acceptors (Lipinski definition) is 5. The van der Waals surface area contributed by atoms with Crippen LogP contribution in [-0.2, 0) is 13.6 Å². The Balaban J connectivity index is 2.01. The van der Waals surface area contributed by atoms with Gasteiger partial charge in [0.05, 0.1) is 11.7 Å². The molecule has 0 radical (unpaired) electrons. The summed E-state index contributed by atoms with van der Waals surface area (Å²) in [6.45, 7) is 7.86. The molecule has 2 amide bonds. The van der Waals surface area contributed by atoms with Gasteiger partial charge in [-0.1, -0.05) is 0 Å². The van der Waals surface area contributed by atoms with Crippen molar-refractivity contribution >= 4 is 6.03 Å². The third kappa shape index (κ3) is 3.26. The predicted molar refractivity (Wildman–Crippen MR) is 80.1 cm³/mol. The molecule has 2 rings (SSSR count). The van der Waals surface area contributed by atoms with Crippen molar-refractivity contribution in [1.82, 2.24) is 30.2 Å². The summed E-state index contributed by atoms with van der Waals surface area (Å²) in [5, 5.41) is 15.0. The Morgan fingerprint density at radius 1 is 1.36 bits per heavy atom. The van der Waals surface area contributed by atoms with Gasteiger partial charge in [0.1, 0.15) is 6.54 Å². The summed E-state index contributed by atoms with van der Waals surface area (Å²) in [5.74, 6) is 0.898. The SMILES string of the molecule is Cc1nnc(CN(C)C(=O)N[C@@H](C)c2c(C)nn(C)c2C)o1. The van der Waals surface area contributed by atoms with Crippen molar-refractivity contribution in [3.05, 3.63) is 28.7 Å². The highest BCUT2D eigenvalue weighted by Gasteiger charge is 2.20. The van der Waals surface area contributed by atoms with Gasteiger partial charge in [-0.2, -0.15) is 5.10 Å². The van der Waals surface area contributed by atoms with Crippen LogP contribution in [0.25, 0.3) is 0 Å². The van der Waals surface area contributed by atoms with Gasteiger partial charge in [0.15, 0.2) is 0 Å². The van der Waals surface area contributed by atoms with Crippen LogP contribution in [0.15, 0.2) is 4.42 Å². The average molecular weight is 306 g/mol. The van der Waals surface area contributed by atoms with Crippen LogP contribution in [0.1, 0.15) is 41.7 Å². The number of amides is 2. The smallest absolute Gasteiger partial charge is 0.318 e. The largest absolute Gasteiger partial charge is 0.424 e. The standard InChI is InChI=1S/C14H22N6O2/c1-8(13-9(2)18-20(6)10(13)3)15-14(21)19(5)7-12-17-16-11(4)22-12/h8H,7H2,1-6H3,(H,15,21)/t8-/m0/s1. The summed E-state index contributed by atoms with van der Waals surface area (Å²) in [7, 11) is 3.58. The quantitative estimate of drug-likeness (QED) is 0.927. The molecule has 22 heavy (non-hydrogen) atoms. The zero-order valence-corrected chi connectivity index (χ0v) is 13.8. The normalized spacial score (nSPS) is 12.3. The highest BCUT2D eigenvalue weighted by Crippen LogP contribution is 2.20. The van der Waals surface area contributed by atoms with Gasteiger partial charge in [-0.05, 0) is 20.8 Å². The fraction of sp³-hybridized carbons (Fsp3) is 0.571. The van der Waals surface area contributed by atoms with E-state index >= 15 is 0 Å². The minimum absolute atomic E-state index is 0.131. The fourth-order valence-corrected chi connectivity index (χ4v) is 2.46. The lowest BCUT2D eigenvalue weighted by molar-refractivity contribution is 0.198. The number of carbonyl (C=O) groups excluding carboxylic acids is 1. The second-order valence-corrected chi connectivity index (χ2v) is 5.45. The van der Waals surface area contributed by atoms with Crippen molar-refractivity contribution < 1.29 is 9.21 Å². The molecule has 0 unspecified atom stereocenters. The van der Waals surface area contributed by atoms with E-state index in [-0.39, 0.29) is 18.6 Å². The molecule has 120 valence electrons. The van der Waals surface area contributed by atoms with Crippen LogP contribution < -0.4 is 5.32 Å². The molecular formula is C14H22N6O2. The Morgan fingerprint density at radius 3 is 2.55 bits per heavy atom. The molecule has 0 aromatic carbocycles. The Morgan fingerprint density at radius 2 is 2.05 bits per heavy atom. The van der Waals surface area contributed by atoms with E-state index in [9.17, 15) is 4.79 Å². The van der Waals surface area contributed by atoms with Gasteiger partial charge in [0.25, 0.3) is 0 Å². The zero-order chi connectivity index (χ0) is 16.4. The first-order valence-corrected chi connectivity index (χ1v) is 7.10. The van der Waals surface area contributed by atoms with Crippen LogP contribution in [0, 0.1) is 20.8 Å². The van der Waals surface area contributed by atoms with Gasteiger partial charge >= 0.3 is 6.03 Å². The Hall–Kier alpha value is -2.38. The van der Waals surface area contributed by atoms with Crippen LogP contribution in [0.3, 0.4) is 0 Å². The van der Waals surface area contributed by atoms with Crippen LogP contribution in [0.2, 0.25) is 0 Å². The Bertz CT molecular complexity index is 675. The molecule has 0 aliphatic carbocycles. The lowest BCUT2D eigenvalue weighted by atomic mass is 10.1. The first-order chi connectivity index (χ1) is 10.3. The van der Waals surface area contributed by atoms with E-state index in [2.05, 4.69) is 20.6 Å². The maximum Gasteiger partial charge on any atom is 0.318 e. The molecule has 8 nitrogen and oxygen atoms in total. The van der Waals surface area contributed by atoms with E-state index in [4.69, 9.17) is 4.42 Å². The van der Waals surface area contributed by atoms with Crippen molar-refractivity contribution in [2.75, 3.05) is 7.05 Å². The summed E-state index contributed by atoms with van der Waals surface area (Å²) in [4.78, 5) is 13.8. The van der Waals surface area contributed by atoms with Crippen LogP contribution in [0.5, 0.6) is 0 Å². The lowest BCUT2D eigenvalue weighted by Gasteiger charge is -2.20. The third-order valence-electron chi connectivity index (χ3n) is 3.62. The average Bonchev–Trinajstić information content (AvgIpc) is 2.93. The second-order valence-electron chi connectivity index (χ2n) is 5.45. The zero-order valence-electron chi connectivity index (χ0n) is 13.8. The molecule has 2 aromatic heterocycles. The van der Waals surface area contributed by atoms with Crippen molar-refractivity contribution in [3.63, 3.8) is 0 Å². The van der Waals surface area contributed by atoms with E-state index < -0.39 is 0 Å². The topological polar surface area (TPSA) is 89.1 Å². The van der Waals surface area contributed by atoms with Gasteiger partial charge < -0.3 is 14.6 Å². The van der Waals surface area contributed by atoms with Crippen LogP contribution in [0.4, 0.5) is 4.79 Å². The van der Waals surface area contributed by atoms with Crippen molar-refractivity contribution in [2.45, 2.75) is 40.3 Å². The number of nitrogens with one attached hydrogen (secondary N) is 1. The molecule has 0 saturated heterocycles. The van der Waals surface area contributed by atoms with Crippen LogP contribution >= 0.6 is 0 Å². The Labute approximate surface area is 129 Å². The second kappa shape index (κ2) is 6.17. The summed E-state index contributed by atoms with van der Waals surface area (Å²) in [6.07, 6.45) is 0. The summed E-state index contributed by atoms with van der Waals surface area (Å²) in [6, 6.07) is -0.334. The minimum atomic E-state index is -0.203. The third-order valence-corrected chi connectivity index (χ3v) is 3.62. The fourth-order valence-electron chi connectivity index (χ4n) is 2.46. The van der Waals surface area contributed by atoms with Gasteiger partial charge in [0.2, 0.25) is 11.8 Å². The molecule has 0 aliphatic rings. The molecule has 0 spiro atoms. The number of urea groups is 1. The Kier molecular flexibility index (Phi) is 4.48. The predicted octanol–water partition coefficient (Wildman–Crippen LogP) is 1.63. The van der Waals surface area contributed by atoms with E-state index in [1.54, 1.807) is 14.0 Å². The molecule has 2 heterocycles. The molecule has 0 aliphatic heterocycles. The van der Waals surface area contributed by atoms with Gasteiger partial charge in [0, 0.05) is 32.3 Å². The maximum atomic E-state index is 12.3. The molecule has 2 aromatic rings. The number of rotatable bonds is 4. The number of hydrogen-bond donors (Lipinski definition) is 1. The van der Waals surface area contributed by atoms with E-state index in [0.29, 0.717) is 11.8 Å². The highest BCUT2D eigenvalue weighted by molar-refractivity contribution is 5.74. The van der Waals surface area contributed by atoms with Crippen molar-refractivity contribution in [3.8, 4) is 0 Å². The molecule has 0 fully saturated rings. The van der Waals surface area contributed by atoms with Crippen molar-refractivity contribution in [2.24, 2.45) is 7.05 Å². The van der Waals surface area contributed by atoms with Gasteiger partial charge in [-0.15, -0.1) is 10.2 Å². The molecule has 8 heteroatoms. The molecule has 1 atom stereocenters. The summed E-state index contributed by atoms with van der Waals surface area (Å²) >= 11 is 0. The van der Waals surface area contributed by atoms with E-state index in [1.165, 1.54) is 4.90 Å². The van der Waals surface area contributed by atoms with Crippen molar-refractivity contribution in [1.29, 1.82) is 0 Å². The summed E-state index contributed by atoms with van der Waals surface area (Å²) < 4.78 is 7.10. The molecule has 1 N–H and O–H groups in total. The number of nitrogens with zero attached hydrogens (tertiary/aromatic N) is 5. The molecule has 0 bridgehead atoms. The van der Waals surface area contributed by atoms with Gasteiger partial charge in [-0.3, -0.25) is 4.68 Å². The minimum Gasteiger partial charge on any atom is -0.424 e. The first-order valence-electron chi connectivity index (χ1n) is 7.10. The van der Waals surface area contributed by atoms with E-state index in [1.807, 2.05) is 32.5 Å². The first kappa shape index (κ1) is 16.0. The number of aromatic nitrogens is 4. The monoisotopic (exact) mass is 306 g/mol. The summed E-state index contributed by atoms with van der Waals surface area (Å²) in [5.41, 5.74) is 3.00. The lowest BCUT2D eigenvalue weighted by Crippen LogP contribution is -2.38. The highest BCUT2D eigenvalue weighted by atomic mass is 16.4. The number of aryl methyl sites for hydroxylation is 3. The van der Waals surface area contributed by atoms with E-state index in [0.717, 1.165) is 17.0 Å². The molecular weight excluding hydrogens is 284 g/mol. The molecule has 0 saturated carbocycles. The van der Waals surface area contributed by atoms with Crippen LogP contribution in [-0.4, -0.2) is 38.0 Å². The van der Waals surface area contributed by atoms with Gasteiger partial charge in [-0.25, -0.2) is 4.79 Å². The number of carbonyl (C=O) groups is 1.